The van der Waals surface area contributed by atoms with Gasteiger partial charge in [0, 0.05) is 7.11 Å². The largest absolute Gasteiger partial charge is 0.487 e. The molecule has 0 saturated heterocycles. The number of ether oxygens (including phenoxy) is 2. The van der Waals surface area contributed by atoms with Gasteiger partial charge in [0.15, 0.2) is 11.6 Å². The molecule has 1 aromatic heterocycles. The highest BCUT2D eigenvalue weighted by Crippen LogP contribution is 2.31. The van der Waals surface area contributed by atoms with Crippen LogP contribution >= 0.6 is 0 Å². The lowest BCUT2D eigenvalue weighted by Crippen LogP contribution is -2.24. The number of aromatic nitrogens is 3. The fraction of sp³-hybridized carbons (Fsp3) is 0.250. The maximum Gasteiger partial charge on any atom is 0.232 e. The standard InChI is InChI=1S/C20H22FN5O2/c1-20(2,27-3)17-24-18(22)26-19(25-17)23-16-14(21)10-7-11-15(16)28-12-13-8-5-4-6-9-13/h4-11H,12H2,1-3H3,(H3,22,23,24,25,26). The average molecular weight is 383 g/mol. The van der Waals surface area contributed by atoms with Crippen LogP contribution in [-0.2, 0) is 16.9 Å². The number of benzene rings is 2. The van der Waals surface area contributed by atoms with Crippen LogP contribution in [0.1, 0.15) is 25.2 Å². The van der Waals surface area contributed by atoms with Crippen LogP contribution in [0.2, 0.25) is 0 Å². The van der Waals surface area contributed by atoms with Crippen molar-refractivity contribution in [2.24, 2.45) is 0 Å². The fourth-order valence-corrected chi connectivity index (χ4v) is 2.40. The molecule has 0 radical (unpaired) electrons. The Kier molecular flexibility index (Phi) is 5.70. The molecule has 3 rings (SSSR count). The Bertz CT molecular complexity index is 951. The molecule has 0 amide bonds. The minimum absolute atomic E-state index is 0.000665. The van der Waals surface area contributed by atoms with E-state index < -0.39 is 11.4 Å². The van der Waals surface area contributed by atoms with Crippen LogP contribution in [0.5, 0.6) is 5.75 Å². The minimum atomic E-state index is -0.782. The van der Waals surface area contributed by atoms with Gasteiger partial charge in [0.25, 0.3) is 0 Å². The van der Waals surface area contributed by atoms with Gasteiger partial charge in [-0.25, -0.2) is 4.39 Å². The molecule has 3 N–H and O–H groups in total. The van der Waals surface area contributed by atoms with E-state index in [1.165, 1.54) is 6.07 Å². The number of methoxy groups -OCH3 is 1. The summed E-state index contributed by atoms with van der Waals surface area (Å²) in [7, 11) is 1.54. The molecule has 0 saturated carbocycles. The van der Waals surface area contributed by atoms with Crippen LogP contribution in [0, 0.1) is 5.82 Å². The third-order valence-corrected chi connectivity index (χ3v) is 4.15. The molecule has 28 heavy (non-hydrogen) atoms. The number of nitrogens with zero attached hydrogens (tertiary/aromatic N) is 3. The molecule has 0 bridgehead atoms. The summed E-state index contributed by atoms with van der Waals surface area (Å²) in [5.74, 6) is 0.253. The van der Waals surface area contributed by atoms with Gasteiger partial charge in [-0.1, -0.05) is 36.4 Å². The Morgan fingerprint density at radius 1 is 1.04 bits per heavy atom. The Hall–Kier alpha value is -3.26. The van der Waals surface area contributed by atoms with Gasteiger partial charge in [-0.3, -0.25) is 0 Å². The van der Waals surface area contributed by atoms with Crippen LogP contribution in [0.25, 0.3) is 0 Å². The molecule has 0 unspecified atom stereocenters. The van der Waals surface area contributed by atoms with Gasteiger partial charge in [0.05, 0.1) is 0 Å². The van der Waals surface area contributed by atoms with Crippen molar-refractivity contribution in [1.82, 2.24) is 15.0 Å². The van der Waals surface area contributed by atoms with Crippen LogP contribution in [0.15, 0.2) is 48.5 Å². The van der Waals surface area contributed by atoms with E-state index in [-0.39, 0.29) is 17.6 Å². The molecule has 0 aliphatic carbocycles. The Balaban J connectivity index is 1.88. The lowest BCUT2D eigenvalue weighted by Gasteiger charge is -2.21. The van der Waals surface area contributed by atoms with Gasteiger partial charge in [-0.05, 0) is 31.5 Å². The van der Waals surface area contributed by atoms with Crippen molar-refractivity contribution in [2.45, 2.75) is 26.1 Å². The molecular formula is C20H22FN5O2. The van der Waals surface area contributed by atoms with Crippen LogP contribution in [0.4, 0.5) is 22.0 Å². The summed E-state index contributed by atoms with van der Waals surface area (Å²) in [5, 5.41) is 2.86. The maximum atomic E-state index is 14.5. The first-order chi connectivity index (χ1) is 13.4. The number of anilines is 3. The van der Waals surface area contributed by atoms with Crippen LogP contribution in [-0.4, -0.2) is 22.1 Å². The molecule has 0 aliphatic heterocycles. The number of nitrogen functional groups attached to an aromatic ring is 1. The van der Waals surface area contributed by atoms with Crippen LogP contribution < -0.4 is 15.8 Å². The monoisotopic (exact) mass is 383 g/mol. The van der Waals surface area contributed by atoms with Gasteiger partial charge >= 0.3 is 0 Å². The number of nitrogens with two attached hydrogens (primary N) is 1. The Morgan fingerprint density at radius 3 is 2.50 bits per heavy atom. The maximum absolute atomic E-state index is 14.5. The molecule has 0 fully saturated rings. The molecule has 7 nitrogen and oxygen atoms in total. The van der Waals surface area contributed by atoms with Crippen molar-refractivity contribution in [2.75, 3.05) is 18.2 Å². The summed E-state index contributed by atoms with van der Waals surface area (Å²) in [6.07, 6.45) is 0. The molecule has 0 spiro atoms. The first-order valence-corrected chi connectivity index (χ1v) is 8.68. The summed E-state index contributed by atoms with van der Waals surface area (Å²) in [5.41, 5.74) is 6.09. The SMILES string of the molecule is COC(C)(C)c1nc(N)nc(Nc2c(F)cccc2OCc2ccccc2)n1. The molecular weight excluding hydrogens is 361 g/mol. The summed E-state index contributed by atoms with van der Waals surface area (Å²) < 4.78 is 25.7. The average Bonchev–Trinajstić information content (AvgIpc) is 2.69. The van der Waals surface area contributed by atoms with Crippen molar-refractivity contribution in [3.63, 3.8) is 0 Å². The predicted molar refractivity (Wildman–Crippen MR) is 105 cm³/mol. The lowest BCUT2D eigenvalue weighted by atomic mass is 10.1. The van der Waals surface area contributed by atoms with Crippen molar-refractivity contribution in [3.8, 4) is 5.75 Å². The zero-order valence-electron chi connectivity index (χ0n) is 15.9. The fourth-order valence-electron chi connectivity index (χ4n) is 2.40. The van der Waals surface area contributed by atoms with Crippen molar-refractivity contribution < 1.29 is 13.9 Å². The molecule has 1 heterocycles. The molecule has 146 valence electrons. The Labute approximate surface area is 162 Å². The van der Waals surface area contributed by atoms with E-state index in [0.29, 0.717) is 18.2 Å². The van der Waals surface area contributed by atoms with Gasteiger partial charge in [-0.15, -0.1) is 0 Å². The summed E-state index contributed by atoms with van der Waals surface area (Å²) >= 11 is 0. The van der Waals surface area contributed by atoms with Gasteiger partial charge in [0.1, 0.15) is 23.6 Å². The third-order valence-electron chi connectivity index (χ3n) is 4.15. The van der Waals surface area contributed by atoms with E-state index in [2.05, 4.69) is 20.3 Å². The van der Waals surface area contributed by atoms with Crippen molar-refractivity contribution in [3.05, 3.63) is 65.7 Å². The second-order valence-electron chi connectivity index (χ2n) is 6.57. The normalized spacial score (nSPS) is 11.3. The highest BCUT2D eigenvalue weighted by Gasteiger charge is 2.25. The second-order valence-corrected chi connectivity index (χ2v) is 6.57. The third kappa shape index (κ3) is 4.52. The number of nitrogens with one attached hydrogen (secondary N) is 1. The highest BCUT2D eigenvalue weighted by atomic mass is 19.1. The molecule has 0 atom stereocenters. The summed E-state index contributed by atoms with van der Waals surface area (Å²) in [4.78, 5) is 12.5. The highest BCUT2D eigenvalue weighted by molar-refractivity contribution is 5.63. The van der Waals surface area contributed by atoms with E-state index in [1.54, 1.807) is 33.1 Å². The zero-order valence-corrected chi connectivity index (χ0v) is 15.9. The number of hydrogen-bond donors (Lipinski definition) is 2. The first kappa shape index (κ1) is 19.5. The van der Waals surface area contributed by atoms with Gasteiger partial charge in [0.2, 0.25) is 11.9 Å². The predicted octanol–water partition coefficient (Wildman–Crippen LogP) is 3.80. The molecule has 3 aromatic rings. The second kappa shape index (κ2) is 8.18. The van der Waals surface area contributed by atoms with E-state index in [0.717, 1.165) is 5.56 Å². The number of rotatable bonds is 7. The van der Waals surface area contributed by atoms with E-state index in [1.807, 2.05) is 30.3 Å². The number of hydrogen-bond acceptors (Lipinski definition) is 7. The molecule has 2 aromatic carbocycles. The van der Waals surface area contributed by atoms with E-state index in [4.69, 9.17) is 15.2 Å². The van der Waals surface area contributed by atoms with Gasteiger partial charge < -0.3 is 20.5 Å². The molecule has 8 heteroatoms. The summed E-state index contributed by atoms with van der Waals surface area (Å²) in [6.45, 7) is 3.88. The lowest BCUT2D eigenvalue weighted by molar-refractivity contribution is 0.0115. The van der Waals surface area contributed by atoms with E-state index >= 15 is 0 Å². The first-order valence-electron chi connectivity index (χ1n) is 8.68. The quantitative estimate of drug-likeness (QED) is 0.641. The summed E-state index contributed by atoms with van der Waals surface area (Å²) in [6, 6.07) is 14.2. The number of para-hydroxylation sites is 1. The Morgan fingerprint density at radius 2 is 1.79 bits per heavy atom. The van der Waals surface area contributed by atoms with E-state index in [9.17, 15) is 4.39 Å². The minimum Gasteiger partial charge on any atom is -0.487 e. The number of halogens is 1. The van der Waals surface area contributed by atoms with Gasteiger partial charge in [-0.2, -0.15) is 15.0 Å². The van der Waals surface area contributed by atoms with Crippen molar-refractivity contribution >= 4 is 17.6 Å². The zero-order chi connectivity index (χ0) is 20.1. The van der Waals surface area contributed by atoms with Crippen LogP contribution in [0.3, 0.4) is 0 Å². The van der Waals surface area contributed by atoms with Crippen molar-refractivity contribution in [1.29, 1.82) is 0 Å². The smallest absolute Gasteiger partial charge is 0.232 e. The topological polar surface area (TPSA) is 95.2 Å². The molecule has 0 aliphatic rings.